The number of methoxy groups -OCH3 is 1. The maximum Gasteiger partial charge on any atom is 0.522 e. The molecule has 2 aliphatic rings. The number of carboxylic acids is 1. The van der Waals surface area contributed by atoms with Crippen LogP contribution in [0.15, 0.2) is 42.6 Å². The molecule has 1 aromatic heterocycles. The number of aromatic nitrogens is 1. The number of hydrogen-bond acceptors (Lipinski definition) is 5. The molecular formula is C27H30F3N3O4. The number of aryl methyl sites for hydroxylation is 1. The lowest BCUT2D eigenvalue weighted by Crippen LogP contribution is -2.59. The second kappa shape index (κ2) is 10.00. The van der Waals surface area contributed by atoms with Gasteiger partial charge < -0.3 is 14.8 Å². The molecule has 2 aromatic carbocycles. The van der Waals surface area contributed by atoms with E-state index in [1.54, 1.807) is 19.2 Å². The fourth-order valence-corrected chi connectivity index (χ4v) is 5.73. The number of aromatic amines is 1. The number of benzene rings is 2. The molecule has 2 atom stereocenters. The third-order valence-corrected chi connectivity index (χ3v) is 7.61. The third kappa shape index (κ3) is 5.32. The molecule has 3 aromatic rings. The van der Waals surface area contributed by atoms with E-state index in [9.17, 15) is 23.1 Å². The first-order chi connectivity index (χ1) is 17.6. The zero-order valence-electron chi connectivity index (χ0n) is 20.7. The summed E-state index contributed by atoms with van der Waals surface area (Å²) < 4.78 is 47.7. The summed E-state index contributed by atoms with van der Waals surface area (Å²) in [6.07, 6.45) is -2.00. The number of likely N-dealkylation sites (tertiary alicyclic amines) is 2. The number of piperidine rings is 1. The van der Waals surface area contributed by atoms with Crippen molar-refractivity contribution in [2.75, 3.05) is 26.7 Å². The topological polar surface area (TPSA) is 78.0 Å². The number of fused-ring (bicyclic) bond motifs is 1. The summed E-state index contributed by atoms with van der Waals surface area (Å²) in [6, 6.07) is 11.0. The van der Waals surface area contributed by atoms with E-state index >= 15 is 0 Å². The monoisotopic (exact) mass is 517 g/mol. The predicted molar refractivity (Wildman–Crippen MR) is 132 cm³/mol. The summed E-state index contributed by atoms with van der Waals surface area (Å²) in [5.74, 6) is -0.179. The highest BCUT2D eigenvalue weighted by Crippen LogP contribution is 2.39. The molecule has 198 valence electrons. The Bertz CT molecular complexity index is 1270. The Kier molecular flexibility index (Phi) is 6.91. The molecule has 0 aliphatic carbocycles. The van der Waals surface area contributed by atoms with E-state index in [1.807, 2.05) is 37.4 Å². The minimum atomic E-state index is -4.62. The van der Waals surface area contributed by atoms with Crippen molar-refractivity contribution in [1.29, 1.82) is 0 Å². The average molecular weight is 518 g/mol. The van der Waals surface area contributed by atoms with Crippen LogP contribution in [-0.4, -0.2) is 71.1 Å². The van der Waals surface area contributed by atoms with Gasteiger partial charge in [-0.3, -0.25) is 14.5 Å². The largest absolute Gasteiger partial charge is 0.522 e. The van der Waals surface area contributed by atoms with Crippen molar-refractivity contribution in [1.82, 2.24) is 14.8 Å². The van der Waals surface area contributed by atoms with E-state index in [-0.39, 0.29) is 30.7 Å². The first kappa shape index (κ1) is 25.6. The van der Waals surface area contributed by atoms with Crippen LogP contribution >= 0.6 is 0 Å². The third-order valence-electron chi connectivity index (χ3n) is 7.61. The van der Waals surface area contributed by atoms with Gasteiger partial charge in [0, 0.05) is 60.9 Å². The molecule has 10 heteroatoms. The molecule has 3 heterocycles. The lowest BCUT2D eigenvalue weighted by atomic mass is 9.88. The summed E-state index contributed by atoms with van der Waals surface area (Å²) in [7, 11) is 1.66. The minimum Gasteiger partial charge on any atom is -0.496 e. The van der Waals surface area contributed by atoms with Crippen LogP contribution in [0, 0.1) is 6.92 Å². The van der Waals surface area contributed by atoms with Gasteiger partial charge in [0.1, 0.15) is 5.75 Å². The second-order valence-corrected chi connectivity index (χ2v) is 9.87. The van der Waals surface area contributed by atoms with Crippen molar-refractivity contribution in [3.05, 3.63) is 64.8 Å². The Hall–Kier alpha value is -3.08. The number of halogens is 3. The SMILES string of the molecule is COc1cc(C)c2[nH]ccc2c1CN1CC[C@@H](N2CC(OC(F)(F)F)C2)C[C@H]1c1ccc(C(=O)O)cc1. The number of nitrogens with zero attached hydrogens (tertiary/aromatic N) is 2. The molecule has 37 heavy (non-hydrogen) atoms. The van der Waals surface area contributed by atoms with Gasteiger partial charge in [0.05, 0.1) is 18.8 Å². The van der Waals surface area contributed by atoms with Crippen molar-refractivity contribution in [2.45, 2.75) is 50.9 Å². The van der Waals surface area contributed by atoms with E-state index in [0.29, 0.717) is 6.54 Å². The standard InChI is InChI=1S/C27H30F3N3O4/c1-16-11-24(36-2)22(21-7-9-31-25(16)21)15-32-10-8-19(33-13-20(14-33)37-27(28,29)30)12-23(32)17-3-5-18(6-4-17)26(34)35/h3-7,9,11,19-20,23,31H,8,10,12-15H2,1-2H3,(H,34,35)/t19-,23+/m1/s1. The summed E-state index contributed by atoms with van der Waals surface area (Å²) in [4.78, 5) is 19.1. The van der Waals surface area contributed by atoms with Gasteiger partial charge in [-0.25, -0.2) is 4.79 Å². The lowest BCUT2D eigenvalue weighted by Gasteiger charge is -2.49. The van der Waals surface area contributed by atoms with E-state index < -0.39 is 18.4 Å². The van der Waals surface area contributed by atoms with Gasteiger partial charge in [-0.2, -0.15) is 0 Å². The number of rotatable bonds is 7. The van der Waals surface area contributed by atoms with Crippen LogP contribution in [0.3, 0.4) is 0 Å². The zero-order valence-corrected chi connectivity index (χ0v) is 20.7. The molecule has 0 bridgehead atoms. The van der Waals surface area contributed by atoms with Crippen molar-refractivity contribution >= 4 is 16.9 Å². The summed E-state index contributed by atoms with van der Waals surface area (Å²) >= 11 is 0. The maximum absolute atomic E-state index is 12.6. The van der Waals surface area contributed by atoms with Crippen LogP contribution < -0.4 is 4.74 Å². The highest BCUT2D eigenvalue weighted by molar-refractivity contribution is 5.88. The van der Waals surface area contributed by atoms with Gasteiger partial charge in [-0.1, -0.05) is 12.1 Å². The highest BCUT2D eigenvalue weighted by Gasteiger charge is 2.43. The Morgan fingerprint density at radius 2 is 1.92 bits per heavy atom. The Balaban J connectivity index is 1.40. The molecule has 5 rings (SSSR count). The molecule has 0 saturated carbocycles. The molecule has 0 radical (unpaired) electrons. The van der Waals surface area contributed by atoms with Gasteiger partial charge in [-0.15, -0.1) is 13.2 Å². The fraction of sp³-hybridized carbons (Fsp3) is 0.444. The highest BCUT2D eigenvalue weighted by atomic mass is 19.4. The molecule has 2 fully saturated rings. The van der Waals surface area contributed by atoms with E-state index in [0.717, 1.165) is 52.7 Å². The lowest BCUT2D eigenvalue weighted by molar-refractivity contribution is -0.356. The van der Waals surface area contributed by atoms with Gasteiger partial charge in [0.15, 0.2) is 0 Å². The predicted octanol–water partition coefficient (Wildman–Crippen LogP) is 5.11. The zero-order chi connectivity index (χ0) is 26.3. The quantitative estimate of drug-likeness (QED) is 0.454. The number of carbonyl (C=O) groups is 1. The van der Waals surface area contributed by atoms with E-state index in [2.05, 4.69) is 19.5 Å². The van der Waals surface area contributed by atoms with Crippen LogP contribution in [0.2, 0.25) is 0 Å². The van der Waals surface area contributed by atoms with E-state index in [4.69, 9.17) is 4.74 Å². The minimum absolute atomic E-state index is 0.0378. The normalized spacial score (nSPS) is 21.8. The van der Waals surface area contributed by atoms with Gasteiger partial charge in [-0.05, 0) is 55.2 Å². The summed E-state index contributed by atoms with van der Waals surface area (Å²) in [5, 5.41) is 10.4. The molecule has 0 spiro atoms. The molecule has 2 saturated heterocycles. The van der Waals surface area contributed by atoms with Crippen LogP contribution in [0.5, 0.6) is 5.75 Å². The van der Waals surface area contributed by atoms with Crippen molar-refractivity contribution < 1.29 is 32.5 Å². The Morgan fingerprint density at radius 3 is 2.57 bits per heavy atom. The number of nitrogens with one attached hydrogen (secondary N) is 1. The number of alkyl halides is 3. The molecule has 2 aliphatic heterocycles. The maximum atomic E-state index is 12.6. The smallest absolute Gasteiger partial charge is 0.496 e. The first-order valence-electron chi connectivity index (χ1n) is 12.3. The van der Waals surface area contributed by atoms with Crippen LogP contribution in [0.4, 0.5) is 13.2 Å². The second-order valence-electron chi connectivity index (χ2n) is 9.87. The van der Waals surface area contributed by atoms with Gasteiger partial charge in [0.25, 0.3) is 0 Å². The fourth-order valence-electron chi connectivity index (χ4n) is 5.73. The van der Waals surface area contributed by atoms with Crippen LogP contribution in [0.1, 0.15) is 45.9 Å². The van der Waals surface area contributed by atoms with Crippen molar-refractivity contribution in [2.24, 2.45) is 0 Å². The number of carboxylic acid groups (broad SMARTS) is 1. The summed E-state index contributed by atoms with van der Waals surface area (Å²) in [5.41, 5.74) is 4.41. The summed E-state index contributed by atoms with van der Waals surface area (Å²) in [6.45, 7) is 3.90. The van der Waals surface area contributed by atoms with Crippen LogP contribution in [-0.2, 0) is 11.3 Å². The van der Waals surface area contributed by atoms with Crippen molar-refractivity contribution in [3.8, 4) is 5.75 Å². The molecule has 0 amide bonds. The van der Waals surface area contributed by atoms with Gasteiger partial charge >= 0.3 is 12.3 Å². The van der Waals surface area contributed by atoms with E-state index in [1.165, 1.54) is 0 Å². The Labute approximate surface area is 212 Å². The molecule has 7 nitrogen and oxygen atoms in total. The molecule has 0 unspecified atom stereocenters. The molecule has 2 N–H and O–H groups in total. The average Bonchev–Trinajstić information content (AvgIpc) is 3.33. The van der Waals surface area contributed by atoms with Crippen molar-refractivity contribution in [3.63, 3.8) is 0 Å². The number of aromatic carboxylic acids is 1. The Morgan fingerprint density at radius 1 is 1.19 bits per heavy atom. The molecular weight excluding hydrogens is 487 g/mol. The number of ether oxygens (including phenoxy) is 2. The first-order valence-corrected chi connectivity index (χ1v) is 12.3. The number of H-pyrrole nitrogens is 1. The van der Waals surface area contributed by atoms with Gasteiger partial charge in [0.2, 0.25) is 0 Å². The van der Waals surface area contributed by atoms with Crippen LogP contribution in [0.25, 0.3) is 10.9 Å². The number of hydrogen-bond donors (Lipinski definition) is 2.